The van der Waals surface area contributed by atoms with Gasteiger partial charge in [0.25, 0.3) is 0 Å². The highest BCUT2D eigenvalue weighted by Gasteiger charge is 2.23. The standard InChI is InChI=1S/C10H21NS/c1-11(2)10(8-12)9-6-4-3-5-7-9/h9-10,12H,3-8H2,1-2H3. The summed E-state index contributed by atoms with van der Waals surface area (Å²) in [6.07, 6.45) is 7.15. The third kappa shape index (κ3) is 2.67. The van der Waals surface area contributed by atoms with Crippen LogP contribution >= 0.6 is 12.6 Å². The maximum absolute atomic E-state index is 4.42. The number of nitrogens with zero attached hydrogens (tertiary/aromatic N) is 1. The fourth-order valence-electron chi connectivity index (χ4n) is 2.25. The van der Waals surface area contributed by atoms with E-state index in [1.165, 1.54) is 32.1 Å². The van der Waals surface area contributed by atoms with Gasteiger partial charge in [0, 0.05) is 11.8 Å². The monoisotopic (exact) mass is 187 g/mol. The summed E-state index contributed by atoms with van der Waals surface area (Å²) in [5, 5.41) is 0. The summed E-state index contributed by atoms with van der Waals surface area (Å²) in [6.45, 7) is 0. The van der Waals surface area contributed by atoms with Crippen LogP contribution in [0.1, 0.15) is 32.1 Å². The van der Waals surface area contributed by atoms with E-state index in [0.717, 1.165) is 11.7 Å². The van der Waals surface area contributed by atoms with Crippen molar-refractivity contribution in [1.29, 1.82) is 0 Å². The Labute approximate surface area is 81.9 Å². The molecule has 0 spiro atoms. The Balaban J connectivity index is 2.40. The zero-order chi connectivity index (χ0) is 8.97. The van der Waals surface area contributed by atoms with Crippen LogP contribution in [0.15, 0.2) is 0 Å². The molecule has 0 heterocycles. The first-order chi connectivity index (χ1) is 5.75. The van der Waals surface area contributed by atoms with Gasteiger partial charge in [0.2, 0.25) is 0 Å². The molecule has 1 atom stereocenters. The Hall–Kier alpha value is 0.310. The fourth-order valence-corrected chi connectivity index (χ4v) is 2.88. The van der Waals surface area contributed by atoms with E-state index in [1.807, 2.05) is 0 Å². The van der Waals surface area contributed by atoms with Crippen LogP contribution in [0.4, 0.5) is 0 Å². The van der Waals surface area contributed by atoms with Gasteiger partial charge in [0.15, 0.2) is 0 Å². The van der Waals surface area contributed by atoms with E-state index in [0.29, 0.717) is 6.04 Å². The van der Waals surface area contributed by atoms with E-state index >= 15 is 0 Å². The second kappa shape index (κ2) is 5.13. The number of thiol groups is 1. The minimum Gasteiger partial charge on any atom is -0.305 e. The maximum atomic E-state index is 4.42. The molecule has 1 fully saturated rings. The van der Waals surface area contributed by atoms with E-state index in [4.69, 9.17) is 0 Å². The Morgan fingerprint density at radius 2 is 1.83 bits per heavy atom. The van der Waals surface area contributed by atoms with E-state index in [9.17, 15) is 0 Å². The Morgan fingerprint density at radius 3 is 2.25 bits per heavy atom. The molecule has 0 saturated heterocycles. The van der Waals surface area contributed by atoms with Gasteiger partial charge in [-0.25, -0.2) is 0 Å². The molecule has 0 bridgehead atoms. The molecule has 1 aliphatic carbocycles. The van der Waals surface area contributed by atoms with Gasteiger partial charge >= 0.3 is 0 Å². The van der Waals surface area contributed by atoms with Crippen LogP contribution in [0.3, 0.4) is 0 Å². The number of hydrogen-bond donors (Lipinski definition) is 1. The number of rotatable bonds is 3. The first-order valence-corrected chi connectivity index (χ1v) is 5.66. The lowest BCUT2D eigenvalue weighted by atomic mass is 9.84. The van der Waals surface area contributed by atoms with Crippen LogP contribution in [-0.2, 0) is 0 Å². The average Bonchev–Trinajstić information content (AvgIpc) is 2.07. The number of hydrogen-bond acceptors (Lipinski definition) is 2. The van der Waals surface area contributed by atoms with E-state index in [-0.39, 0.29) is 0 Å². The lowest BCUT2D eigenvalue weighted by Gasteiger charge is -2.33. The van der Waals surface area contributed by atoms with Gasteiger partial charge in [-0.15, -0.1) is 0 Å². The van der Waals surface area contributed by atoms with Gasteiger partial charge < -0.3 is 4.90 Å². The van der Waals surface area contributed by atoms with Crippen molar-refractivity contribution in [2.45, 2.75) is 38.1 Å². The molecule has 12 heavy (non-hydrogen) atoms. The van der Waals surface area contributed by atoms with E-state index < -0.39 is 0 Å². The lowest BCUT2D eigenvalue weighted by Crippen LogP contribution is -2.37. The van der Waals surface area contributed by atoms with Gasteiger partial charge in [-0.2, -0.15) is 12.6 Å². The minimum atomic E-state index is 0.702. The van der Waals surface area contributed by atoms with Crippen LogP contribution in [0.25, 0.3) is 0 Å². The predicted octanol–water partition coefficient (Wildman–Crippen LogP) is 2.43. The fraction of sp³-hybridized carbons (Fsp3) is 1.00. The van der Waals surface area contributed by atoms with Crippen LogP contribution < -0.4 is 0 Å². The third-order valence-electron chi connectivity index (χ3n) is 3.04. The summed E-state index contributed by atoms with van der Waals surface area (Å²) in [5.74, 6) is 1.92. The molecule has 2 heteroatoms. The van der Waals surface area contributed by atoms with Crippen molar-refractivity contribution in [2.75, 3.05) is 19.8 Å². The summed E-state index contributed by atoms with van der Waals surface area (Å²) in [5.41, 5.74) is 0. The van der Waals surface area contributed by atoms with Crippen molar-refractivity contribution < 1.29 is 0 Å². The van der Waals surface area contributed by atoms with Crippen molar-refractivity contribution in [3.05, 3.63) is 0 Å². The molecule has 1 nitrogen and oxygen atoms in total. The molecular formula is C10H21NS. The quantitative estimate of drug-likeness (QED) is 0.664. The van der Waals surface area contributed by atoms with Crippen molar-refractivity contribution in [2.24, 2.45) is 5.92 Å². The normalized spacial score (nSPS) is 23.0. The first-order valence-electron chi connectivity index (χ1n) is 5.03. The van der Waals surface area contributed by atoms with Gasteiger partial charge in [0.1, 0.15) is 0 Å². The first kappa shape index (κ1) is 10.4. The topological polar surface area (TPSA) is 3.24 Å². The smallest absolute Gasteiger partial charge is 0.0206 e. The van der Waals surface area contributed by atoms with Crippen molar-refractivity contribution in [3.63, 3.8) is 0 Å². The largest absolute Gasteiger partial charge is 0.305 e. The SMILES string of the molecule is CN(C)C(CS)C1CCCCC1. The molecular weight excluding hydrogens is 166 g/mol. The maximum Gasteiger partial charge on any atom is 0.0206 e. The van der Waals surface area contributed by atoms with Gasteiger partial charge in [-0.1, -0.05) is 19.3 Å². The molecule has 0 amide bonds. The molecule has 1 saturated carbocycles. The van der Waals surface area contributed by atoms with Crippen LogP contribution in [0.5, 0.6) is 0 Å². The summed E-state index contributed by atoms with van der Waals surface area (Å²) in [6, 6.07) is 0.702. The summed E-state index contributed by atoms with van der Waals surface area (Å²) >= 11 is 4.42. The Bertz CT molecular complexity index is 119. The Morgan fingerprint density at radius 1 is 1.25 bits per heavy atom. The minimum absolute atomic E-state index is 0.702. The van der Waals surface area contributed by atoms with Crippen molar-refractivity contribution in [3.8, 4) is 0 Å². The molecule has 0 aromatic heterocycles. The predicted molar refractivity (Wildman–Crippen MR) is 57.9 cm³/mol. The van der Waals surface area contributed by atoms with Crippen LogP contribution in [0, 0.1) is 5.92 Å². The molecule has 0 N–H and O–H groups in total. The summed E-state index contributed by atoms with van der Waals surface area (Å²) in [7, 11) is 4.35. The molecule has 0 aliphatic heterocycles. The van der Waals surface area contributed by atoms with E-state index in [1.54, 1.807) is 0 Å². The van der Waals surface area contributed by atoms with Gasteiger partial charge in [-0.3, -0.25) is 0 Å². The highest BCUT2D eigenvalue weighted by Crippen LogP contribution is 2.28. The molecule has 0 aromatic carbocycles. The average molecular weight is 187 g/mol. The molecule has 0 aromatic rings. The van der Waals surface area contributed by atoms with Gasteiger partial charge in [-0.05, 0) is 32.9 Å². The highest BCUT2D eigenvalue weighted by atomic mass is 32.1. The molecule has 1 rings (SSSR count). The zero-order valence-electron chi connectivity index (χ0n) is 8.29. The van der Waals surface area contributed by atoms with Gasteiger partial charge in [0.05, 0.1) is 0 Å². The van der Waals surface area contributed by atoms with E-state index in [2.05, 4.69) is 31.6 Å². The molecule has 1 aliphatic rings. The molecule has 0 radical (unpaired) electrons. The van der Waals surface area contributed by atoms with Crippen LogP contribution in [-0.4, -0.2) is 30.8 Å². The highest BCUT2D eigenvalue weighted by molar-refractivity contribution is 7.80. The zero-order valence-corrected chi connectivity index (χ0v) is 9.19. The molecule has 72 valence electrons. The van der Waals surface area contributed by atoms with Crippen molar-refractivity contribution >= 4 is 12.6 Å². The third-order valence-corrected chi connectivity index (χ3v) is 3.42. The lowest BCUT2D eigenvalue weighted by molar-refractivity contribution is 0.189. The summed E-state index contributed by atoms with van der Waals surface area (Å²) in [4.78, 5) is 2.34. The second-order valence-corrected chi connectivity index (χ2v) is 4.48. The Kier molecular flexibility index (Phi) is 4.44. The van der Waals surface area contributed by atoms with Crippen molar-refractivity contribution in [1.82, 2.24) is 4.90 Å². The van der Waals surface area contributed by atoms with Crippen LogP contribution in [0.2, 0.25) is 0 Å². The summed E-state index contributed by atoms with van der Waals surface area (Å²) < 4.78 is 0. The molecule has 1 unspecified atom stereocenters. The second-order valence-electron chi connectivity index (χ2n) is 4.11.